The number of fused-ring (bicyclic) bond motifs is 2. The Hall–Kier alpha value is -2.95. The van der Waals surface area contributed by atoms with Crippen LogP contribution in [0.4, 0.5) is 0 Å². The van der Waals surface area contributed by atoms with Gasteiger partial charge in [-0.05, 0) is 30.2 Å². The van der Waals surface area contributed by atoms with Crippen LogP contribution in [0.15, 0.2) is 47.3 Å². The van der Waals surface area contributed by atoms with Gasteiger partial charge in [-0.3, -0.25) is 9.59 Å². The maximum absolute atomic E-state index is 12.8. The van der Waals surface area contributed by atoms with Crippen molar-refractivity contribution >= 4 is 16.9 Å². The predicted octanol–water partition coefficient (Wildman–Crippen LogP) is 3.15. The lowest BCUT2D eigenvalue weighted by atomic mass is 9.90. The van der Waals surface area contributed by atoms with Crippen molar-refractivity contribution in [1.82, 2.24) is 9.55 Å². The zero-order valence-electron chi connectivity index (χ0n) is 14.2. The number of esters is 1. The molecular weight excluding hydrogens is 316 g/mol. The van der Waals surface area contributed by atoms with E-state index in [0.29, 0.717) is 17.7 Å². The molecule has 0 spiro atoms. The summed E-state index contributed by atoms with van der Waals surface area (Å²) in [5.41, 5.74) is 3.51. The van der Waals surface area contributed by atoms with E-state index in [1.807, 2.05) is 49.4 Å². The number of rotatable bonds is 2. The number of ether oxygens (including phenoxy) is 1. The van der Waals surface area contributed by atoms with Crippen LogP contribution in [0, 0.1) is 0 Å². The highest BCUT2D eigenvalue weighted by Gasteiger charge is 2.31. The molecule has 5 nitrogen and oxygen atoms in total. The first kappa shape index (κ1) is 15.6. The van der Waals surface area contributed by atoms with E-state index in [9.17, 15) is 9.59 Å². The van der Waals surface area contributed by atoms with Crippen LogP contribution in [-0.4, -0.2) is 15.5 Å². The highest BCUT2D eigenvalue weighted by atomic mass is 16.5. The normalized spacial score (nSPS) is 16.6. The highest BCUT2D eigenvalue weighted by molar-refractivity contribution is 5.82. The second-order valence-electron chi connectivity index (χ2n) is 6.29. The van der Waals surface area contributed by atoms with Crippen LogP contribution >= 0.6 is 0 Å². The van der Waals surface area contributed by atoms with Crippen LogP contribution in [0.25, 0.3) is 22.3 Å². The Balaban J connectivity index is 1.95. The molecule has 0 saturated carbocycles. The summed E-state index contributed by atoms with van der Waals surface area (Å²) >= 11 is 0. The molecule has 3 heterocycles. The number of hydrogen-bond acceptors (Lipinski definition) is 4. The molecule has 2 aromatic heterocycles. The van der Waals surface area contributed by atoms with Crippen molar-refractivity contribution < 1.29 is 9.53 Å². The number of aromatic nitrogens is 2. The molecule has 0 amide bonds. The largest absolute Gasteiger partial charge is 0.460 e. The van der Waals surface area contributed by atoms with E-state index in [1.54, 1.807) is 11.6 Å². The van der Waals surface area contributed by atoms with Crippen molar-refractivity contribution in [2.45, 2.75) is 25.9 Å². The van der Waals surface area contributed by atoms with E-state index >= 15 is 0 Å². The van der Waals surface area contributed by atoms with Crippen molar-refractivity contribution in [2.75, 3.05) is 0 Å². The quantitative estimate of drug-likeness (QED) is 0.676. The van der Waals surface area contributed by atoms with E-state index in [1.165, 1.54) is 0 Å². The fraction of sp³-hybridized carbons (Fsp3) is 0.250. The summed E-state index contributed by atoms with van der Waals surface area (Å²) in [4.78, 5) is 29.5. The minimum atomic E-state index is -0.392. The van der Waals surface area contributed by atoms with Gasteiger partial charge in [-0.15, -0.1) is 0 Å². The Morgan fingerprint density at radius 1 is 1.20 bits per heavy atom. The molecule has 1 unspecified atom stereocenters. The summed E-state index contributed by atoms with van der Waals surface area (Å²) in [7, 11) is 1.73. The third kappa shape index (κ3) is 2.43. The van der Waals surface area contributed by atoms with E-state index < -0.39 is 5.92 Å². The van der Waals surface area contributed by atoms with Crippen molar-refractivity contribution in [3.8, 4) is 11.4 Å². The van der Waals surface area contributed by atoms with E-state index in [2.05, 4.69) is 0 Å². The predicted molar refractivity (Wildman–Crippen MR) is 95.2 cm³/mol. The van der Waals surface area contributed by atoms with Gasteiger partial charge in [0.1, 0.15) is 6.61 Å². The number of pyridine rings is 2. The fourth-order valence-electron chi connectivity index (χ4n) is 3.43. The van der Waals surface area contributed by atoms with E-state index in [-0.39, 0.29) is 18.1 Å². The van der Waals surface area contributed by atoms with Crippen molar-refractivity contribution in [3.05, 3.63) is 63.9 Å². The molecule has 1 atom stereocenters. The van der Waals surface area contributed by atoms with Gasteiger partial charge in [0.2, 0.25) is 0 Å². The Bertz CT molecular complexity index is 1050. The Labute approximate surface area is 144 Å². The fourth-order valence-corrected chi connectivity index (χ4v) is 3.43. The first-order valence-corrected chi connectivity index (χ1v) is 8.35. The van der Waals surface area contributed by atoms with Crippen molar-refractivity contribution in [2.24, 2.45) is 7.05 Å². The SMILES string of the molecule is CCC1C(=O)OCc2c1cc(-c1ccc3ccccc3n1)n(C)c2=O. The lowest BCUT2D eigenvalue weighted by Crippen LogP contribution is -2.32. The van der Waals surface area contributed by atoms with Gasteiger partial charge in [0, 0.05) is 12.4 Å². The maximum Gasteiger partial charge on any atom is 0.313 e. The van der Waals surface area contributed by atoms with Gasteiger partial charge in [0.05, 0.1) is 28.4 Å². The molecule has 0 radical (unpaired) electrons. The molecule has 1 aromatic carbocycles. The van der Waals surface area contributed by atoms with Crippen LogP contribution < -0.4 is 5.56 Å². The van der Waals surface area contributed by atoms with Gasteiger partial charge in [-0.2, -0.15) is 0 Å². The van der Waals surface area contributed by atoms with Gasteiger partial charge >= 0.3 is 5.97 Å². The van der Waals surface area contributed by atoms with Gasteiger partial charge in [-0.25, -0.2) is 4.98 Å². The second kappa shape index (κ2) is 5.84. The van der Waals surface area contributed by atoms with Crippen LogP contribution in [0.5, 0.6) is 0 Å². The summed E-state index contributed by atoms with van der Waals surface area (Å²) in [5, 5.41) is 1.05. The molecule has 0 fully saturated rings. The van der Waals surface area contributed by atoms with Crippen LogP contribution in [-0.2, 0) is 23.2 Å². The maximum atomic E-state index is 12.8. The Kier molecular flexibility index (Phi) is 3.64. The summed E-state index contributed by atoms with van der Waals surface area (Å²) in [5.74, 6) is -0.655. The topological polar surface area (TPSA) is 61.2 Å². The summed E-state index contributed by atoms with van der Waals surface area (Å²) in [6.07, 6.45) is 0.601. The number of carbonyl (C=O) groups excluding carboxylic acids is 1. The van der Waals surface area contributed by atoms with E-state index in [0.717, 1.165) is 22.2 Å². The number of hydrogen-bond donors (Lipinski definition) is 0. The number of benzene rings is 1. The monoisotopic (exact) mass is 334 g/mol. The zero-order chi connectivity index (χ0) is 17.6. The minimum Gasteiger partial charge on any atom is -0.460 e. The second-order valence-corrected chi connectivity index (χ2v) is 6.29. The first-order chi connectivity index (χ1) is 12.1. The number of nitrogens with zero attached hydrogens (tertiary/aromatic N) is 2. The van der Waals surface area contributed by atoms with Crippen LogP contribution in [0.3, 0.4) is 0 Å². The third-order valence-corrected chi connectivity index (χ3v) is 4.85. The summed E-state index contributed by atoms with van der Waals surface area (Å²) in [6, 6.07) is 13.7. The smallest absolute Gasteiger partial charge is 0.313 e. The third-order valence-electron chi connectivity index (χ3n) is 4.85. The molecule has 0 bridgehead atoms. The van der Waals surface area contributed by atoms with Gasteiger partial charge < -0.3 is 9.30 Å². The zero-order valence-corrected chi connectivity index (χ0v) is 14.2. The summed E-state index contributed by atoms with van der Waals surface area (Å²) in [6.45, 7) is 1.97. The van der Waals surface area contributed by atoms with Gasteiger partial charge in [0.25, 0.3) is 5.56 Å². The first-order valence-electron chi connectivity index (χ1n) is 8.35. The van der Waals surface area contributed by atoms with Gasteiger partial charge in [0.15, 0.2) is 0 Å². The molecule has 25 heavy (non-hydrogen) atoms. The van der Waals surface area contributed by atoms with Crippen molar-refractivity contribution in [1.29, 1.82) is 0 Å². The Morgan fingerprint density at radius 3 is 2.80 bits per heavy atom. The highest BCUT2D eigenvalue weighted by Crippen LogP contribution is 2.31. The molecule has 126 valence electrons. The minimum absolute atomic E-state index is 0.0444. The molecule has 0 N–H and O–H groups in total. The molecule has 0 aliphatic carbocycles. The van der Waals surface area contributed by atoms with E-state index in [4.69, 9.17) is 9.72 Å². The number of carbonyl (C=O) groups is 1. The molecule has 1 aliphatic heterocycles. The molecule has 1 aliphatic rings. The molecule has 3 aromatic rings. The van der Waals surface area contributed by atoms with Crippen LogP contribution in [0.2, 0.25) is 0 Å². The number of para-hydroxylation sites is 1. The van der Waals surface area contributed by atoms with Crippen LogP contribution in [0.1, 0.15) is 30.4 Å². The molecule has 5 heteroatoms. The number of cyclic esters (lactones) is 1. The summed E-state index contributed by atoms with van der Waals surface area (Å²) < 4.78 is 6.76. The van der Waals surface area contributed by atoms with Gasteiger partial charge in [-0.1, -0.05) is 31.2 Å². The Morgan fingerprint density at radius 2 is 2.00 bits per heavy atom. The average molecular weight is 334 g/mol. The lowest BCUT2D eigenvalue weighted by Gasteiger charge is -2.25. The van der Waals surface area contributed by atoms with Crippen molar-refractivity contribution in [3.63, 3.8) is 0 Å². The molecular formula is C20H18N2O3. The lowest BCUT2D eigenvalue weighted by molar-refractivity contribution is -0.148. The standard InChI is InChI=1S/C20H18N2O3/c1-3-13-14-10-18(22(2)19(23)15(14)11-25-20(13)24)17-9-8-12-6-4-5-7-16(12)21-17/h4-10,13H,3,11H2,1-2H3. The average Bonchev–Trinajstić information content (AvgIpc) is 2.64. The molecule has 4 rings (SSSR count). The molecule has 0 saturated heterocycles.